The Morgan fingerprint density at radius 1 is 1.00 bits per heavy atom. The molecular formula is C18H24F2N2O4S. The predicted molar refractivity (Wildman–Crippen MR) is 93.8 cm³/mol. The van der Waals surface area contributed by atoms with Crippen LogP contribution in [0.1, 0.15) is 19.3 Å². The average molecular weight is 402 g/mol. The average Bonchev–Trinajstić information content (AvgIpc) is 3.05. The molecule has 3 aliphatic rings. The molecule has 27 heavy (non-hydrogen) atoms. The van der Waals surface area contributed by atoms with Crippen molar-refractivity contribution in [3.05, 3.63) is 29.8 Å². The molecule has 0 amide bonds. The fourth-order valence-corrected chi connectivity index (χ4v) is 5.87. The van der Waals surface area contributed by atoms with Gasteiger partial charge in [0.05, 0.1) is 17.1 Å². The SMILES string of the molecule is O=S(=O)(c1cc(F)cc(F)c1)N1CCO[C@@]2(CCN(C3CCOCC3)C2)C1. The summed E-state index contributed by atoms with van der Waals surface area (Å²) >= 11 is 0. The fraction of sp³-hybridized carbons (Fsp3) is 0.667. The zero-order valence-corrected chi connectivity index (χ0v) is 15.9. The third kappa shape index (κ3) is 3.88. The van der Waals surface area contributed by atoms with Crippen molar-refractivity contribution in [3.63, 3.8) is 0 Å². The Bertz CT molecular complexity index is 780. The molecule has 0 saturated carbocycles. The highest BCUT2D eigenvalue weighted by atomic mass is 32.2. The quantitative estimate of drug-likeness (QED) is 0.769. The van der Waals surface area contributed by atoms with Crippen molar-refractivity contribution < 1.29 is 26.7 Å². The molecule has 0 unspecified atom stereocenters. The lowest BCUT2D eigenvalue weighted by Gasteiger charge is -2.40. The first-order valence-electron chi connectivity index (χ1n) is 9.30. The minimum atomic E-state index is -3.98. The maximum absolute atomic E-state index is 13.5. The zero-order chi connectivity index (χ0) is 19.1. The van der Waals surface area contributed by atoms with E-state index in [2.05, 4.69) is 4.90 Å². The van der Waals surface area contributed by atoms with Crippen molar-refractivity contribution >= 4 is 10.0 Å². The van der Waals surface area contributed by atoms with E-state index in [1.807, 2.05) is 0 Å². The highest BCUT2D eigenvalue weighted by molar-refractivity contribution is 7.89. The van der Waals surface area contributed by atoms with Crippen LogP contribution in [0, 0.1) is 11.6 Å². The molecule has 6 nitrogen and oxygen atoms in total. The van der Waals surface area contributed by atoms with Crippen LogP contribution in [0.5, 0.6) is 0 Å². The van der Waals surface area contributed by atoms with E-state index in [0.29, 0.717) is 18.7 Å². The number of hydrogen-bond donors (Lipinski definition) is 0. The summed E-state index contributed by atoms with van der Waals surface area (Å²) in [5.74, 6) is -1.80. The van der Waals surface area contributed by atoms with Gasteiger partial charge in [0.25, 0.3) is 0 Å². The molecule has 1 aromatic carbocycles. The van der Waals surface area contributed by atoms with E-state index in [4.69, 9.17) is 9.47 Å². The first-order valence-corrected chi connectivity index (χ1v) is 10.7. The monoisotopic (exact) mass is 402 g/mol. The summed E-state index contributed by atoms with van der Waals surface area (Å²) in [4.78, 5) is 2.01. The van der Waals surface area contributed by atoms with Gasteiger partial charge in [-0.25, -0.2) is 17.2 Å². The van der Waals surface area contributed by atoms with Gasteiger partial charge in [0.2, 0.25) is 10.0 Å². The lowest BCUT2D eigenvalue weighted by Crippen LogP contribution is -2.55. The standard InChI is InChI=1S/C18H24F2N2O4S/c19-14-9-15(20)11-17(10-14)27(23,24)22-5-8-26-18(13-22)3-4-21(12-18)16-1-6-25-7-2-16/h9-11,16H,1-8,12-13H2/t18-/m1/s1. The van der Waals surface area contributed by atoms with E-state index in [0.717, 1.165) is 51.2 Å². The van der Waals surface area contributed by atoms with Gasteiger partial charge in [-0.05, 0) is 31.4 Å². The number of rotatable bonds is 3. The Balaban J connectivity index is 1.51. The Labute approximate surface area is 158 Å². The van der Waals surface area contributed by atoms with Gasteiger partial charge in [-0.3, -0.25) is 4.90 Å². The van der Waals surface area contributed by atoms with Crippen molar-refractivity contribution in [1.82, 2.24) is 9.21 Å². The third-order valence-corrected chi connectivity index (χ3v) is 7.56. The summed E-state index contributed by atoms with van der Waals surface area (Å²) in [6.07, 6.45) is 2.69. The highest BCUT2D eigenvalue weighted by Gasteiger charge is 2.47. The molecule has 1 aromatic rings. The van der Waals surface area contributed by atoms with Crippen molar-refractivity contribution in [2.75, 3.05) is 46.0 Å². The van der Waals surface area contributed by atoms with Crippen LogP contribution in [0.3, 0.4) is 0 Å². The van der Waals surface area contributed by atoms with E-state index in [-0.39, 0.29) is 24.6 Å². The number of halogens is 2. The van der Waals surface area contributed by atoms with Crippen LogP contribution in [0.2, 0.25) is 0 Å². The number of hydrogen-bond acceptors (Lipinski definition) is 5. The summed E-state index contributed by atoms with van der Waals surface area (Å²) in [6, 6.07) is 2.83. The van der Waals surface area contributed by atoms with Gasteiger partial charge < -0.3 is 9.47 Å². The molecule has 0 aromatic heterocycles. The molecule has 3 fully saturated rings. The van der Waals surface area contributed by atoms with Gasteiger partial charge in [0.15, 0.2) is 0 Å². The second-order valence-corrected chi connectivity index (χ2v) is 9.48. The van der Waals surface area contributed by atoms with Crippen molar-refractivity contribution in [2.24, 2.45) is 0 Å². The van der Waals surface area contributed by atoms with E-state index >= 15 is 0 Å². The zero-order valence-electron chi connectivity index (χ0n) is 15.1. The number of sulfonamides is 1. The number of likely N-dealkylation sites (tertiary alicyclic amines) is 1. The van der Waals surface area contributed by atoms with Gasteiger partial charge in [-0.2, -0.15) is 4.31 Å². The van der Waals surface area contributed by atoms with Crippen molar-refractivity contribution in [2.45, 2.75) is 35.8 Å². The lowest BCUT2D eigenvalue weighted by molar-refractivity contribution is -0.0846. The molecule has 0 N–H and O–H groups in total. The van der Waals surface area contributed by atoms with Crippen LogP contribution in [0.15, 0.2) is 23.1 Å². The number of benzene rings is 1. The molecule has 1 spiro atoms. The number of morpholine rings is 1. The Kier molecular flexibility index (Phi) is 5.24. The van der Waals surface area contributed by atoms with Gasteiger partial charge >= 0.3 is 0 Å². The van der Waals surface area contributed by atoms with Crippen LogP contribution in [-0.2, 0) is 19.5 Å². The fourth-order valence-electron chi connectivity index (χ4n) is 4.33. The lowest BCUT2D eigenvalue weighted by atomic mass is 10.0. The highest BCUT2D eigenvalue weighted by Crippen LogP contribution is 2.34. The topological polar surface area (TPSA) is 59.1 Å². The smallest absolute Gasteiger partial charge is 0.243 e. The molecule has 0 aliphatic carbocycles. The minimum Gasteiger partial charge on any atom is -0.381 e. The largest absolute Gasteiger partial charge is 0.381 e. The van der Waals surface area contributed by atoms with Crippen LogP contribution >= 0.6 is 0 Å². The number of nitrogens with zero attached hydrogens (tertiary/aromatic N) is 2. The molecule has 3 saturated heterocycles. The normalized spacial score (nSPS) is 28.8. The summed E-state index contributed by atoms with van der Waals surface area (Å²) in [5.41, 5.74) is -0.560. The van der Waals surface area contributed by atoms with Gasteiger partial charge in [-0.15, -0.1) is 0 Å². The molecule has 3 aliphatic heterocycles. The molecule has 150 valence electrons. The second-order valence-electron chi connectivity index (χ2n) is 7.54. The summed E-state index contributed by atoms with van der Waals surface area (Å²) < 4.78 is 65.6. The van der Waals surface area contributed by atoms with E-state index in [1.165, 1.54) is 4.31 Å². The van der Waals surface area contributed by atoms with Gasteiger partial charge in [0, 0.05) is 51.5 Å². The van der Waals surface area contributed by atoms with Crippen LogP contribution in [0.4, 0.5) is 8.78 Å². The molecule has 0 bridgehead atoms. The Hall–Kier alpha value is -1.13. The second kappa shape index (κ2) is 7.36. The Morgan fingerprint density at radius 2 is 1.70 bits per heavy atom. The molecule has 9 heteroatoms. The van der Waals surface area contributed by atoms with Gasteiger partial charge in [-0.1, -0.05) is 0 Å². The number of ether oxygens (including phenoxy) is 2. The Morgan fingerprint density at radius 3 is 2.41 bits per heavy atom. The first-order chi connectivity index (χ1) is 12.9. The van der Waals surface area contributed by atoms with Crippen LogP contribution in [0.25, 0.3) is 0 Å². The maximum atomic E-state index is 13.5. The molecule has 0 radical (unpaired) electrons. The molecular weight excluding hydrogens is 378 g/mol. The summed E-state index contributed by atoms with van der Waals surface area (Å²) in [5, 5.41) is 0. The molecule has 4 rings (SSSR count). The summed E-state index contributed by atoms with van der Waals surface area (Å²) in [7, 11) is -3.98. The van der Waals surface area contributed by atoms with E-state index < -0.39 is 27.3 Å². The van der Waals surface area contributed by atoms with Crippen molar-refractivity contribution in [3.8, 4) is 0 Å². The summed E-state index contributed by atoms with van der Waals surface area (Å²) in [6.45, 7) is 3.68. The van der Waals surface area contributed by atoms with Crippen molar-refractivity contribution in [1.29, 1.82) is 0 Å². The van der Waals surface area contributed by atoms with Gasteiger partial charge in [0.1, 0.15) is 11.6 Å². The van der Waals surface area contributed by atoms with Crippen LogP contribution in [-0.4, -0.2) is 75.3 Å². The maximum Gasteiger partial charge on any atom is 0.243 e. The first kappa shape index (κ1) is 19.2. The molecule has 3 heterocycles. The predicted octanol–water partition coefficient (Wildman–Crippen LogP) is 1.61. The molecule has 1 atom stereocenters. The third-order valence-electron chi connectivity index (χ3n) is 5.74. The van der Waals surface area contributed by atoms with E-state index in [9.17, 15) is 17.2 Å². The van der Waals surface area contributed by atoms with Crippen LogP contribution < -0.4 is 0 Å². The minimum absolute atomic E-state index is 0.180. The van der Waals surface area contributed by atoms with E-state index in [1.54, 1.807) is 0 Å².